The number of nitrogens with one attached hydrogen (secondary N) is 1. The molecule has 1 aromatic heterocycles. The van der Waals surface area contributed by atoms with Crippen molar-refractivity contribution < 1.29 is 13.9 Å². The first-order chi connectivity index (χ1) is 16.4. The Morgan fingerprint density at radius 1 is 1.12 bits per heavy atom. The lowest BCUT2D eigenvalue weighted by molar-refractivity contribution is 0.228. The number of imidazole rings is 1. The van der Waals surface area contributed by atoms with Gasteiger partial charge in [-0.05, 0) is 63.2 Å². The highest BCUT2D eigenvalue weighted by atomic mass is 19.1. The van der Waals surface area contributed by atoms with E-state index in [-0.39, 0.29) is 11.9 Å². The number of fused-ring (bicyclic) bond motifs is 1. The fourth-order valence-electron chi connectivity index (χ4n) is 3.90. The van der Waals surface area contributed by atoms with Crippen LogP contribution in [0.5, 0.6) is 11.5 Å². The first-order valence-electron chi connectivity index (χ1n) is 11.2. The van der Waals surface area contributed by atoms with Gasteiger partial charge in [0.05, 0.1) is 35.4 Å². The van der Waals surface area contributed by atoms with E-state index in [9.17, 15) is 0 Å². The first-order valence-corrected chi connectivity index (χ1v) is 11.2. The third-order valence-corrected chi connectivity index (χ3v) is 5.43. The Labute approximate surface area is 198 Å². The standard InChI is InChI=1S/C27H27FN4O2/c1-5-33-20-14-21(25(28)24(15-20)34-17(2)3)26(30-19-12-10-18(16-29)11-13-19)27-31-22-8-6-7-9-23(22)32(27)4/h6-15,17,26,30H,5H2,1-4H3. The monoisotopic (exact) mass is 458 g/mol. The first kappa shape index (κ1) is 23.1. The molecule has 1 N–H and O–H groups in total. The van der Waals surface area contributed by atoms with Gasteiger partial charge in [-0.2, -0.15) is 5.26 Å². The SMILES string of the molecule is CCOc1cc(OC(C)C)c(F)c(C(Nc2ccc(C#N)cc2)c2nc3ccccc3n2C)c1. The average molecular weight is 459 g/mol. The smallest absolute Gasteiger partial charge is 0.171 e. The summed E-state index contributed by atoms with van der Waals surface area (Å²) in [6.45, 7) is 6.02. The van der Waals surface area contributed by atoms with E-state index in [1.807, 2.05) is 56.7 Å². The molecule has 0 saturated carbocycles. The molecular weight excluding hydrogens is 431 g/mol. The van der Waals surface area contributed by atoms with Crippen molar-refractivity contribution in [2.24, 2.45) is 7.05 Å². The molecule has 0 radical (unpaired) electrons. The minimum atomic E-state index is -0.653. The van der Waals surface area contributed by atoms with Crippen LogP contribution in [0.25, 0.3) is 11.0 Å². The van der Waals surface area contributed by atoms with E-state index < -0.39 is 11.9 Å². The van der Waals surface area contributed by atoms with Crippen LogP contribution in [-0.4, -0.2) is 22.3 Å². The summed E-state index contributed by atoms with van der Waals surface area (Å²) in [7, 11) is 1.91. The number of nitriles is 1. The second kappa shape index (κ2) is 9.84. The third-order valence-electron chi connectivity index (χ3n) is 5.43. The Morgan fingerprint density at radius 2 is 1.85 bits per heavy atom. The van der Waals surface area contributed by atoms with Gasteiger partial charge in [0.25, 0.3) is 0 Å². The lowest BCUT2D eigenvalue weighted by atomic mass is 10.0. The van der Waals surface area contributed by atoms with Gasteiger partial charge in [-0.15, -0.1) is 0 Å². The lowest BCUT2D eigenvalue weighted by Crippen LogP contribution is -2.19. The number of para-hydroxylation sites is 2. The molecule has 0 saturated heterocycles. The number of halogens is 1. The molecule has 174 valence electrons. The Hall–Kier alpha value is -4.05. The summed E-state index contributed by atoms with van der Waals surface area (Å²) in [5.41, 5.74) is 3.37. The van der Waals surface area contributed by atoms with E-state index >= 15 is 4.39 Å². The second-order valence-electron chi connectivity index (χ2n) is 8.21. The molecule has 4 rings (SSSR count). The molecule has 6 nitrogen and oxygen atoms in total. The van der Waals surface area contributed by atoms with E-state index in [1.54, 1.807) is 36.4 Å². The molecule has 0 bridgehead atoms. The van der Waals surface area contributed by atoms with E-state index in [4.69, 9.17) is 19.7 Å². The van der Waals surface area contributed by atoms with Gasteiger partial charge < -0.3 is 19.4 Å². The number of rotatable bonds is 8. The summed E-state index contributed by atoms with van der Waals surface area (Å²) >= 11 is 0. The van der Waals surface area contributed by atoms with Crippen molar-refractivity contribution in [3.63, 3.8) is 0 Å². The molecule has 0 aliphatic heterocycles. The van der Waals surface area contributed by atoms with Crippen LogP contribution in [-0.2, 0) is 7.05 Å². The maximum Gasteiger partial charge on any atom is 0.171 e. The summed E-state index contributed by atoms with van der Waals surface area (Å²) in [6.07, 6.45) is -0.208. The summed E-state index contributed by atoms with van der Waals surface area (Å²) in [6, 6.07) is 19.5. The topological polar surface area (TPSA) is 72.1 Å². The number of aromatic nitrogens is 2. The van der Waals surface area contributed by atoms with Crippen LogP contribution in [0.2, 0.25) is 0 Å². The van der Waals surface area contributed by atoms with Crippen LogP contribution in [0.3, 0.4) is 0 Å². The van der Waals surface area contributed by atoms with Gasteiger partial charge in [0.1, 0.15) is 17.6 Å². The molecule has 0 fully saturated rings. The Kier molecular flexibility index (Phi) is 6.69. The van der Waals surface area contributed by atoms with Crippen molar-refractivity contribution in [3.8, 4) is 17.6 Å². The third kappa shape index (κ3) is 4.67. The fraction of sp³-hybridized carbons (Fsp3) is 0.259. The highest BCUT2D eigenvalue weighted by Crippen LogP contribution is 2.37. The van der Waals surface area contributed by atoms with Gasteiger partial charge in [-0.3, -0.25) is 0 Å². The van der Waals surface area contributed by atoms with Crippen LogP contribution in [0.4, 0.5) is 10.1 Å². The Bertz CT molecular complexity index is 1340. The number of aryl methyl sites for hydroxylation is 1. The zero-order chi connectivity index (χ0) is 24.2. The highest BCUT2D eigenvalue weighted by Gasteiger charge is 2.27. The largest absolute Gasteiger partial charge is 0.494 e. The summed E-state index contributed by atoms with van der Waals surface area (Å²) in [5.74, 6) is 0.797. The lowest BCUT2D eigenvalue weighted by Gasteiger charge is -2.23. The molecule has 0 aliphatic rings. The van der Waals surface area contributed by atoms with Crippen LogP contribution in [0, 0.1) is 17.1 Å². The highest BCUT2D eigenvalue weighted by molar-refractivity contribution is 5.76. The van der Waals surface area contributed by atoms with Crippen LogP contribution in [0.1, 0.15) is 43.8 Å². The predicted molar refractivity (Wildman–Crippen MR) is 131 cm³/mol. The predicted octanol–water partition coefficient (Wildman–Crippen LogP) is 5.97. The molecule has 3 aromatic carbocycles. The number of benzene rings is 3. The van der Waals surface area contributed by atoms with Crippen molar-refractivity contribution in [1.29, 1.82) is 5.26 Å². The fourth-order valence-corrected chi connectivity index (χ4v) is 3.90. The summed E-state index contributed by atoms with van der Waals surface area (Å²) in [4.78, 5) is 4.83. The molecular formula is C27H27FN4O2. The van der Waals surface area contributed by atoms with E-state index in [0.29, 0.717) is 29.3 Å². The van der Waals surface area contributed by atoms with E-state index in [1.165, 1.54) is 0 Å². The van der Waals surface area contributed by atoms with E-state index in [0.717, 1.165) is 16.7 Å². The van der Waals surface area contributed by atoms with Gasteiger partial charge in [-0.1, -0.05) is 12.1 Å². The molecule has 7 heteroatoms. The number of hydrogen-bond acceptors (Lipinski definition) is 5. The van der Waals surface area contributed by atoms with Crippen LogP contribution in [0.15, 0.2) is 60.7 Å². The minimum Gasteiger partial charge on any atom is -0.494 e. The number of anilines is 1. The van der Waals surface area contributed by atoms with Crippen molar-refractivity contribution in [2.45, 2.75) is 32.9 Å². The second-order valence-corrected chi connectivity index (χ2v) is 8.21. The van der Waals surface area contributed by atoms with Crippen molar-refractivity contribution >= 4 is 16.7 Å². The zero-order valence-corrected chi connectivity index (χ0v) is 19.7. The maximum atomic E-state index is 15.9. The van der Waals surface area contributed by atoms with Gasteiger partial charge in [-0.25, -0.2) is 9.37 Å². The Morgan fingerprint density at radius 3 is 2.50 bits per heavy atom. The van der Waals surface area contributed by atoms with Crippen LogP contribution < -0.4 is 14.8 Å². The molecule has 1 unspecified atom stereocenters. The molecule has 34 heavy (non-hydrogen) atoms. The van der Waals surface area contributed by atoms with Crippen molar-refractivity contribution in [3.05, 3.63) is 83.4 Å². The normalized spacial score (nSPS) is 11.9. The Balaban J connectivity index is 1.90. The maximum absolute atomic E-state index is 15.9. The molecule has 1 heterocycles. The van der Waals surface area contributed by atoms with Gasteiger partial charge in [0, 0.05) is 24.4 Å². The summed E-state index contributed by atoms with van der Waals surface area (Å²) in [5, 5.41) is 12.6. The molecule has 0 spiro atoms. The zero-order valence-electron chi connectivity index (χ0n) is 19.7. The number of hydrogen-bond donors (Lipinski definition) is 1. The van der Waals surface area contributed by atoms with Crippen molar-refractivity contribution in [2.75, 3.05) is 11.9 Å². The van der Waals surface area contributed by atoms with Crippen LogP contribution >= 0.6 is 0 Å². The van der Waals surface area contributed by atoms with Gasteiger partial charge in [0.15, 0.2) is 11.6 Å². The number of nitrogens with zero attached hydrogens (tertiary/aromatic N) is 3. The van der Waals surface area contributed by atoms with Gasteiger partial charge >= 0.3 is 0 Å². The molecule has 1 atom stereocenters. The molecule has 4 aromatic rings. The number of ether oxygens (including phenoxy) is 2. The van der Waals surface area contributed by atoms with Crippen molar-refractivity contribution in [1.82, 2.24) is 9.55 Å². The summed E-state index contributed by atoms with van der Waals surface area (Å²) < 4.78 is 29.4. The van der Waals surface area contributed by atoms with Gasteiger partial charge in [0.2, 0.25) is 0 Å². The van der Waals surface area contributed by atoms with E-state index in [2.05, 4.69) is 11.4 Å². The average Bonchev–Trinajstić information content (AvgIpc) is 3.16. The molecule has 0 amide bonds. The quantitative estimate of drug-likeness (QED) is 0.352. The molecule has 0 aliphatic carbocycles. The minimum absolute atomic E-state index is 0.126.